The number of anilines is 3. The summed E-state index contributed by atoms with van der Waals surface area (Å²) in [6, 6.07) is 93.8. The van der Waals surface area contributed by atoms with Crippen LogP contribution in [0.4, 0.5) is 17.1 Å². The number of fused-ring (bicyclic) bond motifs is 4. The van der Waals surface area contributed by atoms with E-state index in [1.54, 1.807) is 0 Å². The number of hydrogen-bond acceptors (Lipinski definition) is 2. The van der Waals surface area contributed by atoms with Crippen LogP contribution in [0.15, 0.2) is 265 Å². The summed E-state index contributed by atoms with van der Waals surface area (Å²) in [7, 11) is 0. The first-order valence-electron chi connectivity index (χ1n) is 22.6. The van der Waals surface area contributed by atoms with E-state index in [1.165, 1.54) is 60.8 Å². The van der Waals surface area contributed by atoms with Gasteiger partial charge in [0.2, 0.25) is 0 Å². The number of hydrogen-bond donors (Lipinski definition) is 0. The molecule has 0 atom stereocenters. The van der Waals surface area contributed by atoms with Crippen LogP contribution in [0.1, 0.15) is 0 Å². The molecule has 0 N–H and O–H groups in total. The molecule has 0 amide bonds. The van der Waals surface area contributed by atoms with Gasteiger partial charge in [0.15, 0.2) is 0 Å². The Balaban J connectivity index is 0.964. The predicted octanol–water partition coefficient (Wildman–Crippen LogP) is 18.2. The van der Waals surface area contributed by atoms with E-state index in [9.17, 15) is 0 Å². The lowest BCUT2D eigenvalue weighted by Crippen LogP contribution is -2.10. The van der Waals surface area contributed by atoms with Crippen LogP contribution in [0.2, 0.25) is 0 Å². The summed E-state index contributed by atoms with van der Waals surface area (Å²) >= 11 is 0. The second-order valence-corrected chi connectivity index (χ2v) is 16.8. The monoisotopic (exact) mass is 841 g/mol. The van der Waals surface area contributed by atoms with Gasteiger partial charge in [-0.25, -0.2) is 0 Å². The molecule has 0 bridgehead atoms. The van der Waals surface area contributed by atoms with Gasteiger partial charge < -0.3 is 9.32 Å². The second kappa shape index (κ2) is 16.8. The van der Waals surface area contributed by atoms with Crippen molar-refractivity contribution in [1.82, 2.24) is 0 Å². The highest BCUT2D eigenvalue weighted by Crippen LogP contribution is 2.45. The maximum Gasteiger partial charge on any atom is 0.143 e. The number of furan rings is 1. The van der Waals surface area contributed by atoms with Crippen LogP contribution in [0.5, 0.6) is 0 Å². The minimum atomic E-state index is 0.900. The van der Waals surface area contributed by atoms with E-state index in [2.05, 4.69) is 254 Å². The highest BCUT2D eigenvalue weighted by molar-refractivity contribution is 6.09. The third-order valence-electron chi connectivity index (χ3n) is 12.9. The molecule has 12 rings (SSSR count). The molecule has 0 saturated heterocycles. The molecular weight excluding hydrogens is 799 g/mol. The molecule has 0 aliphatic heterocycles. The number of rotatable bonds is 9. The molecule has 0 aliphatic rings. The molecule has 310 valence electrons. The summed E-state index contributed by atoms with van der Waals surface area (Å²) in [5.74, 6) is 0. The molecule has 0 radical (unpaired) electrons. The van der Waals surface area contributed by atoms with Crippen LogP contribution in [0.3, 0.4) is 0 Å². The Morgan fingerprint density at radius 3 is 1.38 bits per heavy atom. The van der Waals surface area contributed by atoms with E-state index in [0.29, 0.717) is 0 Å². The molecule has 0 fully saturated rings. The lowest BCUT2D eigenvalue weighted by molar-refractivity contribution is 0.670. The third-order valence-corrected chi connectivity index (χ3v) is 12.9. The maximum absolute atomic E-state index is 6.46. The van der Waals surface area contributed by atoms with Crippen molar-refractivity contribution >= 4 is 49.8 Å². The average molecular weight is 842 g/mol. The topological polar surface area (TPSA) is 16.4 Å². The Morgan fingerprint density at radius 1 is 0.242 bits per heavy atom. The van der Waals surface area contributed by atoms with Gasteiger partial charge in [-0.2, -0.15) is 0 Å². The molecule has 0 aliphatic carbocycles. The van der Waals surface area contributed by atoms with Crippen molar-refractivity contribution in [2.75, 3.05) is 4.90 Å². The van der Waals surface area contributed by atoms with Crippen molar-refractivity contribution in [2.24, 2.45) is 0 Å². The molecule has 12 aromatic rings. The van der Waals surface area contributed by atoms with Crippen LogP contribution in [-0.2, 0) is 0 Å². The largest absolute Gasteiger partial charge is 0.455 e. The van der Waals surface area contributed by atoms with E-state index in [-0.39, 0.29) is 0 Å². The highest BCUT2D eigenvalue weighted by Gasteiger charge is 2.19. The number of para-hydroxylation sites is 2. The van der Waals surface area contributed by atoms with Gasteiger partial charge in [0.25, 0.3) is 0 Å². The first-order chi connectivity index (χ1) is 32.7. The quantitative estimate of drug-likeness (QED) is 0.144. The SMILES string of the molecule is c1ccc(-c2ccc(N(c3ccc(-c4cccc5c4oc4ccccc45)cc3)c3cccc(-c4ccccc4-c4ccccc4-c4ccccc4-c4cccc5ccccc45)c3)cc2)cc1. The van der Waals surface area contributed by atoms with Crippen LogP contribution in [0.25, 0.3) is 99.5 Å². The van der Waals surface area contributed by atoms with E-state index in [4.69, 9.17) is 4.42 Å². The van der Waals surface area contributed by atoms with Gasteiger partial charge in [-0.05, 0) is 114 Å². The molecule has 1 heterocycles. The Bertz CT molecular complexity index is 3690. The first-order valence-corrected chi connectivity index (χ1v) is 22.6. The molecule has 2 heteroatoms. The lowest BCUT2D eigenvalue weighted by Gasteiger charge is -2.27. The number of benzene rings is 11. The molecule has 1 aromatic heterocycles. The molecule has 0 saturated carbocycles. The summed E-state index contributed by atoms with van der Waals surface area (Å²) in [6.45, 7) is 0. The minimum Gasteiger partial charge on any atom is -0.455 e. The normalized spacial score (nSPS) is 11.3. The van der Waals surface area contributed by atoms with Crippen molar-refractivity contribution in [1.29, 1.82) is 0 Å². The average Bonchev–Trinajstić information content (AvgIpc) is 3.79. The maximum atomic E-state index is 6.46. The third kappa shape index (κ3) is 7.02. The van der Waals surface area contributed by atoms with Gasteiger partial charge in [-0.1, -0.05) is 218 Å². The fourth-order valence-corrected chi connectivity index (χ4v) is 9.79. The van der Waals surface area contributed by atoms with Crippen molar-refractivity contribution in [3.05, 3.63) is 261 Å². The van der Waals surface area contributed by atoms with Gasteiger partial charge in [0.1, 0.15) is 11.2 Å². The van der Waals surface area contributed by atoms with Crippen LogP contribution in [-0.4, -0.2) is 0 Å². The molecular formula is C64H43NO. The Labute approximate surface area is 384 Å². The van der Waals surface area contributed by atoms with E-state index >= 15 is 0 Å². The predicted molar refractivity (Wildman–Crippen MR) is 279 cm³/mol. The standard InChI is InChI=1S/C64H43NO/c1-2-17-44(18-3-1)45-35-39-49(40-36-45)65(50-41-37-47(38-42-50)54-31-16-33-62-61-30-12-13-34-63(61)66-64(54)62)51-22-14-21-48(43-51)53-24-6-7-25-55(53)57-26-8-10-28-59(57)60-29-11-9-27-58(60)56-32-15-20-46-19-4-5-23-52(46)56/h1-43H. The zero-order chi connectivity index (χ0) is 43.8. The molecule has 66 heavy (non-hydrogen) atoms. The van der Waals surface area contributed by atoms with Crippen LogP contribution >= 0.6 is 0 Å². The van der Waals surface area contributed by atoms with Crippen molar-refractivity contribution in [2.45, 2.75) is 0 Å². The van der Waals surface area contributed by atoms with Crippen molar-refractivity contribution in [3.8, 4) is 66.8 Å². The van der Waals surface area contributed by atoms with Gasteiger partial charge >= 0.3 is 0 Å². The summed E-state index contributed by atoms with van der Waals surface area (Å²) in [6.07, 6.45) is 0. The molecule has 0 unspecified atom stereocenters. The van der Waals surface area contributed by atoms with Crippen molar-refractivity contribution in [3.63, 3.8) is 0 Å². The zero-order valence-corrected chi connectivity index (χ0v) is 36.2. The highest BCUT2D eigenvalue weighted by atomic mass is 16.3. The van der Waals surface area contributed by atoms with E-state index in [0.717, 1.165) is 55.7 Å². The molecule has 0 spiro atoms. The smallest absolute Gasteiger partial charge is 0.143 e. The van der Waals surface area contributed by atoms with E-state index in [1.807, 2.05) is 12.1 Å². The molecule has 11 aromatic carbocycles. The zero-order valence-electron chi connectivity index (χ0n) is 36.2. The minimum absolute atomic E-state index is 0.900. The van der Waals surface area contributed by atoms with E-state index < -0.39 is 0 Å². The Morgan fingerprint density at radius 2 is 0.682 bits per heavy atom. The van der Waals surface area contributed by atoms with Gasteiger partial charge in [0.05, 0.1) is 0 Å². The summed E-state index contributed by atoms with van der Waals surface area (Å²) < 4.78 is 6.46. The first kappa shape index (κ1) is 38.9. The molecule has 2 nitrogen and oxygen atoms in total. The van der Waals surface area contributed by atoms with Gasteiger partial charge in [0, 0.05) is 33.4 Å². The van der Waals surface area contributed by atoms with Crippen molar-refractivity contribution < 1.29 is 4.42 Å². The fourth-order valence-electron chi connectivity index (χ4n) is 9.79. The Kier molecular flexibility index (Phi) is 9.89. The summed E-state index contributed by atoms with van der Waals surface area (Å²) in [5.41, 5.74) is 19.1. The van der Waals surface area contributed by atoms with Crippen LogP contribution in [0, 0.1) is 0 Å². The Hall–Kier alpha value is -8.72. The second-order valence-electron chi connectivity index (χ2n) is 16.8. The van der Waals surface area contributed by atoms with Gasteiger partial charge in [-0.3, -0.25) is 0 Å². The van der Waals surface area contributed by atoms with Gasteiger partial charge in [-0.15, -0.1) is 0 Å². The summed E-state index contributed by atoms with van der Waals surface area (Å²) in [4.78, 5) is 2.36. The number of nitrogens with zero attached hydrogens (tertiary/aromatic N) is 1. The lowest BCUT2D eigenvalue weighted by atomic mass is 9.86. The fraction of sp³-hybridized carbons (Fsp3) is 0. The van der Waals surface area contributed by atoms with Crippen LogP contribution < -0.4 is 4.90 Å². The summed E-state index contributed by atoms with van der Waals surface area (Å²) in [5, 5.41) is 4.74.